The second-order valence-corrected chi connectivity index (χ2v) is 4.44. The Morgan fingerprint density at radius 2 is 1.44 bits per heavy atom. The Kier molecular flexibility index (Phi) is 7.47. The fourth-order valence-corrected chi connectivity index (χ4v) is 1.85. The van der Waals surface area contributed by atoms with Crippen molar-refractivity contribution in [3.05, 3.63) is 25.3 Å². The molecular weight excluding hydrogens is 273 g/mol. The van der Waals surface area contributed by atoms with Crippen LogP contribution < -0.4 is 18.9 Å². The minimum atomic E-state index is -6.28. The van der Waals surface area contributed by atoms with Gasteiger partial charge in [0, 0.05) is 13.1 Å². The van der Waals surface area contributed by atoms with Gasteiger partial charge in [-0.3, -0.25) is 0 Å². The first kappa shape index (κ1) is 20.0. The summed E-state index contributed by atoms with van der Waals surface area (Å²) < 4.78 is 82.5. The molecule has 4 nitrogen and oxygen atoms in total. The van der Waals surface area contributed by atoms with Gasteiger partial charge in [0.1, 0.15) is 0 Å². The van der Waals surface area contributed by atoms with Crippen LogP contribution in [0.25, 0.3) is 0 Å². The first-order valence-electron chi connectivity index (χ1n) is 4.20. The van der Waals surface area contributed by atoms with Crippen LogP contribution in [0.4, 0.5) is 17.6 Å². The van der Waals surface area contributed by atoms with Crippen LogP contribution in [0.2, 0.25) is 0 Å². The predicted octanol–water partition coefficient (Wildman–Crippen LogP) is -1.60. The zero-order valence-electron chi connectivity index (χ0n) is 9.58. The monoisotopic (exact) mass is 283 g/mol. The third kappa shape index (κ3) is 3.83. The van der Waals surface area contributed by atoms with Gasteiger partial charge >= 0.3 is 30.2 Å². The number of alkyl halides is 4. The first-order valence-corrected chi connectivity index (χ1v) is 5.61. The van der Waals surface area contributed by atoms with E-state index in [1.54, 1.807) is 0 Å². The molecule has 0 aliphatic heterocycles. The normalized spacial score (nSPS) is 15.7. The molecule has 0 saturated heterocycles. The number of hydrogen-bond donors (Lipinski definition) is 0. The van der Waals surface area contributed by atoms with Crippen molar-refractivity contribution in [1.29, 1.82) is 0 Å². The standard InChI is InChI=1S/C8H11F4NO3S.Li/c1-3-5-13(6-4-2)8(12,7(9,10)11)17(14,15)16;/h3-4H,1-2,5-6H2,(H,14,15,16);/q;+1/p-1. The summed E-state index contributed by atoms with van der Waals surface area (Å²) in [6.07, 6.45) is -4.19. The molecule has 0 bridgehead atoms. The van der Waals surface area contributed by atoms with Gasteiger partial charge in [-0.15, -0.1) is 13.2 Å². The molecule has 0 aromatic heterocycles. The molecule has 10 heteroatoms. The number of hydrogen-bond acceptors (Lipinski definition) is 4. The van der Waals surface area contributed by atoms with E-state index in [0.717, 1.165) is 12.2 Å². The molecule has 0 spiro atoms. The maximum atomic E-state index is 13.6. The van der Waals surface area contributed by atoms with Crippen LogP contribution >= 0.6 is 0 Å². The molecule has 0 radical (unpaired) electrons. The average Bonchev–Trinajstić information content (AvgIpc) is 2.12. The van der Waals surface area contributed by atoms with Crippen LogP contribution in [-0.2, 0) is 10.1 Å². The molecule has 0 aromatic carbocycles. The van der Waals surface area contributed by atoms with Crippen LogP contribution in [0, 0.1) is 0 Å². The van der Waals surface area contributed by atoms with Crippen LogP contribution in [0.5, 0.6) is 0 Å². The maximum absolute atomic E-state index is 13.6. The Labute approximate surface area is 114 Å². The number of halogens is 4. The SMILES string of the molecule is C=CCN(CC=C)C(F)(C(F)(F)F)S(=O)(=O)[O-].[Li+]. The van der Waals surface area contributed by atoms with Gasteiger partial charge in [0.05, 0.1) is 0 Å². The Bertz CT molecular complexity index is 388. The van der Waals surface area contributed by atoms with Gasteiger partial charge in [0.15, 0.2) is 10.1 Å². The fraction of sp³-hybridized carbons (Fsp3) is 0.500. The molecule has 1 atom stereocenters. The van der Waals surface area contributed by atoms with Crippen molar-refractivity contribution in [2.45, 2.75) is 11.3 Å². The van der Waals surface area contributed by atoms with E-state index in [1.807, 2.05) is 0 Å². The zero-order chi connectivity index (χ0) is 13.9. The quantitative estimate of drug-likeness (QED) is 0.194. The average molecular weight is 283 g/mol. The topological polar surface area (TPSA) is 60.4 Å². The predicted molar refractivity (Wildman–Crippen MR) is 51.6 cm³/mol. The Balaban J connectivity index is 0. The van der Waals surface area contributed by atoms with Crippen molar-refractivity contribution < 1.29 is 49.4 Å². The summed E-state index contributed by atoms with van der Waals surface area (Å²) >= 11 is 0. The van der Waals surface area contributed by atoms with E-state index in [2.05, 4.69) is 13.2 Å². The Hall–Kier alpha value is -0.333. The summed E-state index contributed by atoms with van der Waals surface area (Å²) in [7, 11) is -6.28. The third-order valence-electron chi connectivity index (χ3n) is 1.79. The Morgan fingerprint density at radius 1 is 1.11 bits per heavy atom. The molecule has 0 aliphatic carbocycles. The molecule has 0 fully saturated rings. The van der Waals surface area contributed by atoms with E-state index in [-0.39, 0.29) is 23.8 Å². The molecule has 0 amide bonds. The minimum Gasteiger partial charge on any atom is -0.744 e. The zero-order valence-corrected chi connectivity index (χ0v) is 10.4. The van der Waals surface area contributed by atoms with Gasteiger partial charge in [-0.25, -0.2) is 13.3 Å². The fourth-order valence-electron chi connectivity index (χ4n) is 1.10. The summed E-state index contributed by atoms with van der Waals surface area (Å²) in [6.45, 7) is 4.56. The van der Waals surface area contributed by atoms with Gasteiger partial charge in [0.2, 0.25) is 0 Å². The maximum Gasteiger partial charge on any atom is 1.00 e. The van der Waals surface area contributed by atoms with E-state index >= 15 is 0 Å². The number of rotatable bonds is 6. The van der Waals surface area contributed by atoms with Gasteiger partial charge in [-0.05, 0) is 0 Å². The molecule has 100 valence electrons. The van der Waals surface area contributed by atoms with E-state index in [0.29, 0.717) is 0 Å². The summed E-state index contributed by atoms with van der Waals surface area (Å²) in [5.41, 5.74) is 0. The van der Waals surface area contributed by atoms with E-state index in [9.17, 15) is 30.5 Å². The van der Waals surface area contributed by atoms with Crippen LogP contribution in [0.3, 0.4) is 0 Å². The van der Waals surface area contributed by atoms with Gasteiger partial charge < -0.3 is 4.55 Å². The first-order chi connectivity index (χ1) is 7.52. The molecule has 0 saturated carbocycles. The third-order valence-corrected chi connectivity index (χ3v) is 2.94. The molecule has 0 rings (SSSR count). The smallest absolute Gasteiger partial charge is 0.744 e. The van der Waals surface area contributed by atoms with Gasteiger partial charge in [-0.1, -0.05) is 12.2 Å². The van der Waals surface area contributed by atoms with Crippen molar-refractivity contribution in [2.24, 2.45) is 0 Å². The van der Waals surface area contributed by atoms with E-state index in [1.165, 1.54) is 0 Å². The minimum absolute atomic E-state index is 0. The summed E-state index contributed by atoms with van der Waals surface area (Å²) in [5.74, 6) is 0. The van der Waals surface area contributed by atoms with Gasteiger partial charge in [0.25, 0.3) is 0 Å². The Morgan fingerprint density at radius 3 is 1.61 bits per heavy atom. The molecule has 1 unspecified atom stereocenters. The van der Waals surface area contributed by atoms with Crippen LogP contribution in [-0.4, -0.2) is 42.3 Å². The van der Waals surface area contributed by atoms with E-state index < -0.39 is 34.5 Å². The van der Waals surface area contributed by atoms with Crippen LogP contribution in [0.15, 0.2) is 25.3 Å². The number of nitrogens with zero attached hydrogens (tertiary/aromatic N) is 1. The van der Waals surface area contributed by atoms with Gasteiger partial charge in [-0.2, -0.15) is 17.6 Å². The largest absolute Gasteiger partial charge is 1.00 e. The summed E-state index contributed by atoms with van der Waals surface area (Å²) in [5, 5.41) is -5.00. The van der Waals surface area contributed by atoms with Crippen molar-refractivity contribution in [2.75, 3.05) is 13.1 Å². The van der Waals surface area contributed by atoms with E-state index in [4.69, 9.17) is 0 Å². The summed E-state index contributed by atoms with van der Waals surface area (Å²) in [6, 6.07) is 0. The molecular formula is C8H10F4LiNO3S. The molecule has 0 aromatic rings. The van der Waals surface area contributed by atoms with Crippen LogP contribution in [0.1, 0.15) is 0 Å². The second-order valence-electron chi connectivity index (χ2n) is 3.00. The molecule has 0 heterocycles. The van der Waals surface area contributed by atoms with Crippen molar-refractivity contribution >= 4 is 10.1 Å². The summed E-state index contributed by atoms with van der Waals surface area (Å²) in [4.78, 5) is -0.213. The van der Waals surface area contributed by atoms with Crippen molar-refractivity contribution in [1.82, 2.24) is 4.90 Å². The second kappa shape index (κ2) is 6.72. The molecule has 0 aliphatic rings. The van der Waals surface area contributed by atoms with Crippen molar-refractivity contribution in [3.8, 4) is 0 Å². The molecule has 0 N–H and O–H groups in total. The van der Waals surface area contributed by atoms with Crippen molar-refractivity contribution in [3.63, 3.8) is 0 Å². The molecule has 18 heavy (non-hydrogen) atoms.